The summed E-state index contributed by atoms with van der Waals surface area (Å²) < 4.78 is 29.5. The van der Waals surface area contributed by atoms with Crippen LogP contribution in [0.15, 0.2) is 24.4 Å². The molecule has 0 N–H and O–H groups in total. The maximum Gasteiger partial charge on any atom is 0.135 e. The molecule has 2 rings (SSSR count). The van der Waals surface area contributed by atoms with E-state index in [1.165, 1.54) is 6.07 Å². The summed E-state index contributed by atoms with van der Waals surface area (Å²) in [5.41, 5.74) is 0.777. The standard InChI is InChI=1S/C18H25F2N/c1-17(2,3)11-16(18(4,5)6)21-8-7-13-14(20)9-12(19)10-15(13)21/h7-10,16H,11H2,1-6H3. The average molecular weight is 293 g/mol. The van der Waals surface area contributed by atoms with Gasteiger partial charge in [0.15, 0.2) is 0 Å². The van der Waals surface area contributed by atoms with E-state index in [1.54, 1.807) is 6.07 Å². The Balaban J connectivity index is 2.60. The Bertz CT molecular complexity index is 642. The zero-order chi connectivity index (χ0) is 16.0. The maximum absolute atomic E-state index is 13.9. The smallest absolute Gasteiger partial charge is 0.135 e. The van der Waals surface area contributed by atoms with Crippen molar-refractivity contribution < 1.29 is 8.78 Å². The predicted molar refractivity (Wildman–Crippen MR) is 84.4 cm³/mol. The number of halogens is 2. The van der Waals surface area contributed by atoms with Crippen LogP contribution >= 0.6 is 0 Å². The van der Waals surface area contributed by atoms with Gasteiger partial charge in [-0.15, -0.1) is 0 Å². The number of fused-ring (bicyclic) bond motifs is 1. The van der Waals surface area contributed by atoms with Gasteiger partial charge in [0.25, 0.3) is 0 Å². The summed E-state index contributed by atoms with van der Waals surface area (Å²) in [6.07, 6.45) is 2.83. The normalized spacial score (nSPS) is 14.7. The molecule has 1 aromatic heterocycles. The SMILES string of the molecule is CC(C)(C)CC(n1ccc2c(F)cc(F)cc21)C(C)(C)C. The van der Waals surface area contributed by atoms with E-state index < -0.39 is 11.6 Å². The molecule has 0 spiro atoms. The van der Waals surface area contributed by atoms with Crippen LogP contribution in [-0.4, -0.2) is 4.57 Å². The van der Waals surface area contributed by atoms with Gasteiger partial charge in [-0.05, 0) is 29.4 Å². The molecule has 0 saturated heterocycles. The molecule has 0 saturated carbocycles. The molecule has 116 valence electrons. The van der Waals surface area contributed by atoms with Gasteiger partial charge >= 0.3 is 0 Å². The van der Waals surface area contributed by atoms with Crippen molar-refractivity contribution in [3.05, 3.63) is 36.0 Å². The zero-order valence-electron chi connectivity index (χ0n) is 13.8. The fourth-order valence-electron chi connectivity index (χ4n) is 2.86. The van der Waals surface area contributed by atoms with Gasteiger partial charge in [0, 0.05) is 23.7 Å². The number of hydrogen-bond acceptors (Lipinski definition) is 0. The van der Waals surface area contributed by atoms with E-state index in [0.717, 1.165) is 12.5 Å². The van der Waals surface area contributed by atoms with Crippen molar-refractivity contribution in [2.75, 3.05) is 0 Å². The predicted octanol–water partition coefficient (Wildman–Crippen LogP) is 5.94. The van der Waals surface area contributed by atoms with Crippen LogP contribution in [0.3, 0.4) is 0 Å². The molecule has 2 aromatic rings. The highest BCUT2D eigenvalue weighted by atomic mass is 19.1. The molecule has 21 heavy (non-hydrogen) atoms. The van der Waals surface area contributed by atoms with E-state index in [9.17, 15) is 8.78 Å². The van der Waals surface area contributed by atoms with Crippen molar-refractivity contribution in [1.29, 1.82) is 0 Å². The minimum Gasteiger partial charge on any atom is -0.344 e. The van der Waals surface area contributed by atoms with Crippen LogP contribution in [0.2, 0.25) is 0 Å². The summed E-state index contributed by atoms with van der Waals surface area (Å²) in [6, 6.07) is 4.30. The van der Waals surface area contributed by atoms with Gasteiger partial charge < -0.3 is 4.57 Å². The summed E-state index contributed by atoms with van der Waals surface area (Å²) in [6.45, 7) is 13.1. The van der Waals surface area contributed by atoms with Gasteiger partial charge in [-0.1, -0.05) is 41.5 Å². The molecule has 0 amide bonds. The Morgan fingerprint density at radius 3 is 2.19 bits per heavy atom. The van der Waals surface area contributed by atoms with E-state index >= 15 is 0 Å². The Labute approximate surface area is 126 Å². The second-order valence-electron chi connectivity index (χ2n) is 8.19. The van der Waals surface area contributed by atoms with Crippen molar-refractivity contribution in [3.8, 4) is 0 Å². The van der Waals surface area contributed by atoms with Crippen molar-refractivity contribution in [2.45, 2.75) is 54.0 Å². The first-order valence-electron chi connectivity index (χ1n) is 7.45. The summed E-state index contributed by atoms with van der Waals surface area (Å²) in [5.74, 6) is -1.02. The maximum atomic E-state index is 13.9. The molecule has 1 aromatic carbocycles. The fourth-order valence-corrected chi connectivity index (χ4v) is 2.86. The first kappa shape index (κ1) is 16.0. The molecule has 1 atom stereocenters. The lowest BCUT2D eigenvalue weighted by atomic mass is 9.76. The van der Waals surface area contributed by atoms with Crippen LogP contribution < -0.4 is 0 Å². The molecule has 0 aliphatic rings. The van der Waals surface area contributed by atoms with Gasteiger partial charge in [0.1, 0.15) is 11.6 Å². The zero-order valence-corrected chi connectivity index (χ0v) is 13.8. The van der Waals surface area contributed by atoms with Crippen molar-refractivity contribution in [2.24, 2.45) is 10.8 Å². The molecule has 0 radical (unpaired) electrons. The minimum atomic E-state index is -0.525. The second-order valence-corrected chi connectivity index (χ2v) is 8.19. The van der Waals surface area contributed by atoms with E-state index in [0.29, 0.717) is 10.9 Å². The summed E-state index contributed by atoms with van der Waals surface area (Å²) >= 11 is 0. The number of benzene rings is 1. The Morgan fingerprint density at radius 2 is 1.67 bits per heavy atom. The van der Waals surface area contributed by atoms with Gasteiger partial charge in [0.05, 0.1) is 5.52 Å². The monoisotopic (exact) mass is 293 g/mol. The first-order valence-corrected chi connectivity index (χ1v) is 7.45. The molecule has 0 fully saturated rings. The number of hydrogen-bond donors (Lipinski definition) is 0. The third kappa shape index (κ3) is 3.45. The van der Waals surface area contributed by atoms with Crippen LogP contribution in [-0.2, 0) is 0 Å². The van der Waals surface area contributed by atoms with Gasteiger partial charge in [-0.2, -0.15) is 0 Å². The van der Waals surface area contributed by atoms with Gasteiger partial charge in [-0.25, -0.2) is 8.78 Å². The van der Waals surface area contributed by atoms with E-state index in [1.807, 2.05) is 10.8 Å². The Morgan fingerprint density at radius 1 is 1.05 bits per heavy atom. The van der Waals surface area contributed by atoms with Crippen molar-refractivity contribution in [1.82, 2.24) is 4.57 Å². The highest BCUT2D eigenvalue weighted by molar-refractivity contribution is 5.81. The van der Waals surface area contributed by atoms with Crippen LogP contribution in [0.5, 0.6) is 0 Å². The Kier molecular flexibility index (Phi) is 3.90. The van der Waals surface area contributed by atoms with Gasteiger partial charge in [-0.3, -0.25) is 0 Å². The number of aromatic nitrogens is 1. The molecular formula is C18H25F2N. The third-order valence-corrected chi connectivity index (χ3v) is 3.89. The van der Waals surface area contributed by atoms with Crippen molar-refractivity contribution >= 4 is 10.9 Å². The molecule has 0 aliphatic carbocycles. The largest absolute Gasteiger partial charge is 0.344 e. The lowest BCUT2D eigenvalue weighted by Gasteiger charge is -2.37. The van der Waals surface area contributed by atoms with Crippen LogP contribution in [0.25, 0.3) is 10.9 Å². The molecular weight excluding hydrogens is 268 g/mol. The number of rotatable bonds is 2. The van der Waals surface area contributed by atoms with Crippen LogP contribution in [0, 0.1) is 22.5 Å². The first-order chi connectivity index (χ1) is 9.49. The average Bonchev–Trinajstić information content (AvgIpc) is 2.66. The van der Waals surface area contributed by atoms with Crippen LogP contribution in [0.4, 0.5) is 8.78 Å². The summed E-state index contributed by atoms with van der Waals surface area (Å²) in [4.78, 5) is 0. The molecule has 1 heterocycles. The Hall–Kier alpha value is -1.38. The molecule has 1 unspecified atom stereocenters. The molecule has 1 nitrogen and oxygen atoms in total. The molecule has 3 heteroatoms. The summed E-state index contributed by atoms with van der Waals surface area (Å²) in [5, 5.41) is 0.486. The highest BCUT2D eigenvalue weighted by Crippen LogP contribution is 2.41. The topological polar surface area (TPSA) is 4.93 Å². The van der Waals surface area contributed by atoms with Gasteiger partial charge in [0.2, 0.25) is 0 Å². The summed E-state index contributed by atoms with van der Waals surface area (Å²) in [7, 11) is 0. The molecule has 0 aliphatic heterocycles. The second kappa shape index (κ2) is 5.11. The molecule has 0 bridgehead atoms. The van der Waals surface area contributed by atoms with E-state index in [-0.39, 0.29) is 16.9 Å². The van der Waals surface area contributed by atoms with E-state index in [2.05, 4.69) is 41.5 Å². The third-order valence-electron chi connectivity index (χ3n) is 3.89. The van der Waals surface area contributed by atoms with E-state index in [4.69, 9.17) is 0 Å². The lowest BCUT2D eigenvalue weighted by molar-refractivity contribution is 0.174. The fraction of sp³-hybridized carbons (Fsp3) is 0.556. The van der Waals surface area contributed by atoms with Crippen LogP contribution in [0.1, 0.15) is 54.0 Å². The minimum absolute atomic E-state index is 0.00201. The quantitative estimate of drug-likeness (QED) is 0.645. The highest BCUT2D eigenvalue weighted by Gasteiger charge is 2.31. The number of nitrogens with zero attached hydrogens (tertiary/aromatic N) is 1. The lowest BCUT2D eigenvalue weighted by Crippen LogP contribution is -2.28. The van der Waals surface area contributed by atoms with Crippen molar-refractivity contribution in [3.63, 3.8) is 0 Å².